The maximum Gasteiger partial charge on any atom is 0.460 e. The van der Waals surface area contributed by atoms with E-state index in [4.69, 9.17) is 0 Å². The Hall–Kier alpha value is -1.41. The zero-order valence-corrected chi connectivity index (χ0v) is 13.5. The molecule has 0 aromatic rings. The van der Waals surface area contributed by atoms with Crippen molar-refractivity contribution < 1.29 is 92.9 Å². The first-order valence-electron chi connectivity index (χ1n) is 6.41. The van der Waals surface area contributed by atoms with Gasteiger partial charge in [0.25, 0.3) is 0 Å². The Kier molecular flexibility index (Phi) is 6.97. The molecule has 0 radical (unpaired) electrons. The van der Waals surface area contributed by atoms with E-state index in [0.717, 1.165) is 0 Å². The summed E-state index contributed by atoms with van der Waals surface area (Å²) in [5.41, 5.74) is 0. The number of hydrogen-bond acceptors (Lipinski definition) is 2. The first-order valence-corrected chi connectivity index (χ1v) is 6.41. The molecule has 0 aliphatic rings. The summed E-state index contributed by atoms with van der Waals surface area (Å²) in [6.45, 7) is -1.21. The molecular weight excluding hydrogens is 513 g/mol. The van der Waals surface area contributed by atoms with Crippen LogP contribution in [0.1, 0.15) is 6.92 Å². The Labute approximate surface area is 155 Å². The van der Waals surface area contributed by atoms with Gasteiger partial charge in [0.1, 0.15) is 0 Å². The van der Waals surface area contributed by atoms with E-state index in [-0.39, 0.29) is 0 Å². The summed E-state index contributed by atoms with van der Waals surface area (Å²) in [6.07, 6.45) is -38.3. The lowest BCUT2D eigenvalue weighted by molar-refractivity contribution is -0.552. The Bertz CT molecular complexity index is 640. The number of halogens is 19. The Morgan fingerprint density at radius 1 is 0.387 bits per heavy atom. The summed E-state index contributed by atoms with van der Waals surface area (Å²) >= 11 is 0. The van der Waals surface area contributed by atoms with Crippen LogP contribution in [0.5, 0.6) is 0 Å². The van der Waals surface area contributed by atoms with E-state index < -0.39 is 61.2 Å². The fourth-order valence-electron chi connectivity index (χ4n) is 1.25. The molecule has 0 fully saturated rings. The molecule has 0 aromatic carbocycles. The smallest absolute Gasteiger partial charge is 0.270 e. The van der Waals surface area contributed by atoms with E-state index >= 15 is 0 Å². The van der Waals surface area contributed by atoms with Crippen LogP contribution in [-0.4, -0.2) is 54.3 Å². The zero-order chi connectivity index (χ0) is 25.9. The summed E-state index contributed by atoms with van der Waals surface area (Å²) in [7, 11) is 0. The minimum Gasteiger partial charge on any atom is -0.270 e. The molecule has 0 aromatic heterocycles. The van der Waals surface area contributed by atoms with E-state index in [9.17, 15) is 83.4 Å². The Morgan fingerprint density at radius 2 is 0.742 bits per heavy atom. The van der Waals surface area contributed by atoms with Crippen LogP contribution in [0.4, 0.5) is 83.4 Å². The molecule has 2 nitrogen and oxygen atoms in total. The summed E-state index contributed by atoms with van der Waals surface area (Å²) in [5, 5.41) is 0. The maximum absolute atomic E-state index is 13.6. The number of ether oxygens (including phenoxy) is 2. The fourth-order valence-corrected chi connectivity index (χ4v) is 1.25. The van der Waals surface area contributed by atoms with Gasteiger partial charge in [-0.15, -0.1) is 0 Å². The molecule has 31 heavy (non-hydrogen) atoms. The summed E-state index contributed by atoms with van der Waals surface area (Å²) < 4.78 is 242. The average Bonchev–Trinajstić information content (AvgIpc) is 2.41. The number of hydrogen-bond donors (Lipinski definition) is 0. The van der Waals surface area contributed by atoms with Gasteiger partial charge in [-0.05, 0) is 0 Å². The van der Waals surface area contributed by atoms with Crippen molar-refractivity contribution in [3.05, 3.63) is 0 Å². The number of rotatable bonds is 7. The summed E-state index contributed by atoms with van der Waals surface area (Å²) in [4.78, 5) is 0. The Morgan fingerprint density at radius 3 is 1.00 bits per heavy atom. The monoisotopic (exact) mass is 516 g/mol. The van der Waals surface area contributed by atoms with Crippen molar-refractivity contribution in [2.45, 2.75) is 61.2 Å². The van der Waals surface area contributed by atoms with Crippen molar-refractivity contribution in [3.63, 3.8) is 0 Å². The van der Waals surface area contributed by atoms with Gasteiger partial charge in [0.2, 0.25) is 0 Å². The van der Waals surface area contributed by atoms with Crippen LogP contribution in [0.2, 0.25) is 0 Å². The second kappa shape index (κ2) is 7.30. The predicted octanol–water partition coefficient (Wildman–Crippen LogP) is 6.51. The standard InChI is InChI=1S/C10H3F19O2/c1-2(11,6(17,18)19)30-10(28,29)5(16,8(23,24)25)31-9(26,27)4(14,15)3(12,13)7(20,21)22/h1H3. The van der Waals surface area contributed by atoms with Gasteiger partial charge >= 0.3 is 54.3 Å². The molecule has 188 valence electrons. The van der Waals surface area contributed by atoms with Gasteiger partial charge in [-0.2, -0.15) is 79.0 Å². The van der Waals surface area contributed by atoms with E-state index in [1.807, 2.05) is 0 Å². The van der Waals surface area contributed by atoms with Gasteiger partial charge in [0.15, 0.2) is 0 Å². The molecule has 0 aliphatic carbocycles. The minimum absolute atomic E-state index is 1.20. The molecule has 0 rings (SSSR count). The highest BCUT2D eigenvalue weighted by molar-refractivity contribution is 4.99. The van der Waals surface area contributed by atoms with Crippen molar-refractivity contribution in [2.75, 3.05) is 0 Å². The van der Waals surface area contributed by atoms with Crippen LogP contribution in [-0.2, 0) is 9.47 Å². The van der Waals surface area contributed by atoms with E-state index in [1.54, 1.807) is 4.74 Å². The fraction of sp³-hybridized carbons (Fsp3) is 1.00. The second-order valence-corrected chi connectivity index (χ2v) is 5.39. The third kappa shape index (κ3) is 4.85. The van der Waals surface area contributed by atoms with Crippen molar-refractivity contribution in [2.24, 2.45) is 0 Å². The molecule has 2 atom stereocenters. The summed E-state index contributed by atoms with van der Waals surface area (Å²) in [5.74, 6) is -30.4. The zero-order valence-electron chi connectivity index (χ0n) is 13.5. The molecule has 0 saturated heterocycles. The molecule has 0 N–H and O–H groups in total. The topological polar surface area (TPSA) is 18.5 Å². The van der Waals surface area contributed by atoms with Gasteiger partial charge in [0.05, 0.1) is 0 Å². The van der Waals surface area contributed by atoms with E-state index in [2.05, 4.69) is 0 Å². The van der Waals surface area contributed by atoms with E-state index in [1.165, 1.54) is 4.74 Å². The van der Waals surface area contributed by atoms with E-state index in [0.29, 0.717) is 0 Å². The van der Waals surface area contributed by atoms with Crippen molar-refractivity contribution in [1.29, 1.82) is 0 Å². The highest BCUT2D eigenvalue weighted by Crippen LogP contribution is 2.58. The molecule has 2 unspecified atom stereocenters. The van der Waals surface area contributed by atoms with Crippen LogP contribution in [0, 0.1) is 0 Å². The van der Waals surface area contributed by atoms with Crippen LogP contribution < -0.4 is 0 Å². The SMILES string of the molecule is CC(F)(OC(F)(F)C(F)(OC(F)(F)C(F)(F)C(F)(F)C(F)(F)F)C(F)(F)F)C(F)(F)F. The van der Waals surface area contributed by atoms with Crippen LogP contribution in [0.3, 0.4) is 0 Å². The van der Waals surface area contributed by atoms with Crippen molar-refractivity contribution >= 4 is 0 Å². The first kappa shape index (κ1) is 29.6. The molecule has 0 aliphatic heterocycles. The molecule has 0 saturated carbocycles. The quantitative estimate of drug-likeness (QED) is 0.360. The van der Waals surface area contributed by atoms with Crippen LogP contribution >= 0.6 is 0 Å². The van der Waals surface area contributed by atoms with Gasteiger partial charge in [-0.1, -0.05) is 0 Å². The van der Waals surface area contributed by atoms with Gasteiger partial charge in [-0.25, -0.2) is 4.39 Å². The minimum atomic E-state index is -8.28. The molecular formula is C10H3F19O2. The lowest BCUT2D eigenvalue weighted by Gasteiger charge is -2.40. The maximum atomic E-state index is 13.6. The van der Waals surface area contributed by atoms with Crippen LogP contribution in [0.15, 0.2) is 0 Å². The highest BCUT2D eigenvalue weighted by Gasteiger charge is 2.87. The van der Waals surface area contributed by atoms with Gasteiger partial charge in [-0.3, -0.25) is 9.47 Å². The largest absolute Gasteiger partial charge is 0.460 e. The predicted molar refractivity (Wildman–Crippen MR) is 53.5 cm³/mol. The average molecular weight is 516 g/mol. The molecule has 0 spiro atoms. The number of alkyl halides is 19. The third-order valence-electron chi connectivity index (χ3n) is 2.95. The molecule has 21 heteroatoms. The van der Waals surface area contributed by atoms with Crippen LogP contribution in [0.25, 0.3) is 0 Å². The van der Waals surface area contributed by atoms with Crippen molar-refractivity contribution in [3.8, 4) is 0 Å². The summed E-state index contributed by atoms with van der Waals surface area (Å²) in [6, 6.07) is 0. The molecule has 0 bridgehead atoms. The third-order valence-corrected chi connectivity index (χ3v) is 2.95. The highest BCUT2D eigenvalue weighted by atomic mass is 19.4. The molecule has 0 heterocycles. The van der Waals surface area contributed by atoms with Gasteiger partial charge < -0.3 is 0 Å². The lowest BCUT2D eigenvalue weighted by Crippen LogP contribution is -2.69. The normalized spacial score (nSPS) is 19.7. The Balaban J connectivity index is 6.59. The first-order chi connectivity index (χ1) is 12.9. The second-order valence-electron chi connectivity index (χ2n) is 5.39. The lowest BCUT2D eigenvalue weighted by atomic mass is 10.1. The van der Waals surface area contributed by atoms with Gasteiger partial charge in [0, 0.05) is 6.92 Å². The van der Waals surface area contributed by atoms with Crippen molar-refractivity contribution in [1.82, 2.24) is 0 Å². The molecule has 0 amide bonds.